The number of halogens is 5. The number of rotatable bonds is 10. The van der Waals surface area contributed by atoms with Crippen molar-refractivity contribution >= 4 is 39.1 Å². The number of hydrogen-bond donors (Lipinski definition) is 1. The molecule has 4 heterocycles. The van der Waals surface area contributed by atoms with Gasteiger partial charge >= 0.3 is 12.5 Å². The van der Waals surface area contributed by atoms with E-state index in [4.69, 9.17) is 23.8 Å². The summed E-state index contributed by atoms with van der Waals surface area (Å²) >= 11 is 1.16. The number of ether oxygens (including phenoxy) is 5. The minimum absolute atomic E-state index is 0.0353. The predicted molar refractivity (Wildman–Crippen MR) is 178 cm³/mol. The van der Waals surface area contributed by atoms with Gasteiger partial charge in [-0.25, -0.2) is 4.98 Å². The van der Waals surface area contributed by atoms with E-state index in [1.165, 1.54) is 12.6 Å². The van der Waals surface area contributed by atoms with Crippen LogP contribution in [0.3, 0.4) is 0 Å². The van der Waals surface area contributed by atoms with Crippen LogP contribution in [-0.4, -0.2) is 66.3 Å². The summed E-state index contributed by atoms with van der Waals surface area (Å²) < 4.78 is 97.1. The van der Waals surface area contributed by atoms with Crippen LogP contribution < -0.4 is 24.6 Å². The number of hydroxylamine groups is 1. The van der Waals surface area contributed by atoms with Gasteiger partial charge in [0.05, 0.1) is 65.0 Å². The van der Waals surface area contributed by atoms with E-state index in [-0.39, 0.29) is 54.4 Å². The zero-order chi connectivity index (χ0) is 37.2. The molecule has 2 amide bonds. The lowest BCUT2D eigenvalue weighted by molar-refractivity contribution is -0.317. The Labute approximate surface area is 302 Å². The van der Waals surface area contributed by atoms with Gasteiger partial charge in [0, 0.05) is 18.9 Å². The average molecular weight is 762 g/mol. The lowest BCUT2D eigenvalue weighted by atomic mass is 9.70. The highest BCUT2D eigenvalue weighted by molar-refractivity contribution is 7.17. The van der Waals surface area contributed by atoms with Crippen molar-refractivity contribution in [3.8, 4) is 17.2 Å². The van der Waals surface area contributed by atoms with Crippen LogP contribution in [0.15, 0.2) is 60.1 Å². The van der Waals surface area contributed by atoms with Crippen LogP contribution in [0.4, 0.5) is 27.6 Å². The number of alkyl halides is 5. The fourth-order valence-corrected chi connectivity index (χ4v) is 7.96. The highest BCUT2D eigenvalue weighted by Gasteiger charge is 2.63. The van der Waals surface area contributed by atoms with Crippen LogP contribution in [0.2, 0.25) is 0 Å². The maximum atomic E-state index is 14.7. The molecule has 1 aromatic heterocycles. The first-order valence-electron chi connectivity index (χ1n) is 16.8. The van der Waals surface area contributed by atoms with Gasteiger partial charge in [-0.2, -0.15) is 18.2 Å². The Hall–Kier alpha value is -4.58. The predicted octanol–water partition coefficient (Wildman–Crippen LogP) is 7.33. The molecule has 2 bridgehead atoms. The third kappa shape index (κ3) is 6.53. The summed E-state index contributed by atoms with van der Waals surface area (Å²) in [4.78, 5) is 39.6. The Morgan fingerprint density at radius 2 is 1.72 bits per heavy atom. The molecule has 0 unspecified atom stereocenters. The number of carbonyl (C=O) groups is 2. The molecular formula is C36H32F5N3O8S. The van der Waals surface area contributed by atoms with Crippen molar-refractivity contribution in [2.45, 2.75) is 81.0 Å². The van der Waals surface area contributed by atoms with Gasteiger partial charge in [0.15, 0.2) is 17.1 Å². The zero-order valence-electron chi connectivity index (χ0n) is 28.0. The number of methoxy groups -OCH3 is 1. The van der Waals surface area contributed by atoms with E-state index in [9.17, 15) is 31.5 Å². The van der Waals surface area contributed by atoms with Gasteiger partial charge in [-0.1, -0.05) is 30.3 Å². The zero-order valence-corrected chi connectivity index (χ0v) is 28.9. The monoisotopic (exact) mass is 761 g/mol. The number of amides is 2. The molecule has 2 aliphatic carbocycles. The van der Waals surface area contributed by atoms with Crippen molar-refractivity contribution in [3.05, 3.63) is 76.8 Å². The molecule has 11 nitrogen and oxygen atoms in total. The second-order valence-corrected chi connectivity index (χ2v) is 14.4. The summed E-state index contributed by atoms with van der Waals surface area (Å²) in [5.74, 6) is -2.50. The second kappa shape index (κ2) is 13.1. The maximum Gasteiger partial charge on any atom is 0.586 e. The fraction of sp³-hybridized carbons (Fsp3) is 0.417. The van der Waals surface area contributed by atoms with E-state index >= 15 is 0 Å². The van der Waals surface area contributed by atoms with Gasteiger partial charge in [-0.05, 0) is 49.4 Å². The van der Waals surface area contributed by atoms with Gasteiger partial charge in [-0.3, -0.25) is 14.4 Å². The number of thiazole rings is 1. The van der Waals surface area contributed by atoms with Gasteiger partial charge in [0.2, 0.25) is 0 Å². The molecule has 3 aliphatic heterocycles. The second-order valence-electron chi connectivity index (χ2n) is 13.6. The Balaban J connectivity index is 1.14. The highest BCUT2D eigenvalue weighted by atomic mass is 32.1. The molecule has 1 N–H and O–H groups in total. The number of nitrogens with one attached hydrogen (secondary N) is 1. The molecule has 280 valence electrons. The molecule has 2 saturated heterocycles. The molecule has 53 heavy (non-hydrogen) atoms. The number of fused-ring (bicyclic) bond motifs is 5. The SMILES string of the molecule is COc1ccc2ncsc2c1C(=O)N(OC1CC(OCc2ccccc2)C1)c1cc2c(cc1C(=O)NC13CCC(C(F)(F)F)(CC1)OC3)OC(F)(F)O2. The Bertz CT molecular complexity index is 2030. The maximum absolute atomic E-state index is 14.7. The fourth-order valence-electron chi connectivity index (χ4n) is 7.14. The minimum atomic E-state index is -4.59. The highest BCUT2D eigenvalue weighted by Crippen LogP contribution is 2.52. The van der Waals surface area contributed by atoms with Crippen LogP contribution in [0.1, 0.15) is 64.8 Å². The summed E-state index contributed by atoms with van der Waals surface area (Å²) in [6.45, 7) is -0.0753. The first kappa shape index (κ1) is 35.4. The molecule has 2 saturated carbocycles. The standard InChI is InChI=1S/C36H32F5N3O8S/c1-47-26-8-7-24-30(53-19-42-24)29(26)32(46)44(52-22-13-21(14-22)48-17-20-5-3-2-4-6-20)25-16-28-27(50-36(40,41)51-28)15-23(25)31(45)43-33-9-11-34(12-10-33,49-18-33)35(37,38)39/h2-8,15-16,19,21-22H,9-14,17-18H2,1H3,(H,43,45). The van der Waals surface area contributed by atoms with Crippen LogP contribution in [-0.2, 0) is 20.9 Å². The molecule has 0 atom stereocenters. The molecular weight excluding hydrogens is 729 g/mol. The van der Waals surface area contributed by atoms with Gasteiger partial charge in [0.1, 0.15) is 11.3 Å². The molecule has 4 fully saturated rings. The summed E-state index contributed by atoms with van der Waals surface area (Å²) in [6, 6.07) is 14.8. The summed E-state index contributed by atoms with van der Waals surface area (Å²) in [5.41, 5.74) is -1.08. The smallest absolute Gasteiger partial charge is 0.496 e. The number of benzene rings is 3. The van der Waals surface area contributed by atoms with Crippen LogP contribution in [0.5, 0.6) is 17.2 Å². The lowest BCUT2D eigenvalue weighted by Gasteiger charge is -2.53. The topological polar surface area (TPSA) is 118 Å². The molecule has 0 radical (unpaired) electrons. The first-order chi connectivity index (χ1) is 25.3. The third-order valence-electron chi connectivity index (χ3n) is 10.2. The van der Waals surface area contributed by atoms with Crippen molar-refractivity contribution in [2.24, 2.45) is 0 Å². The van der Waals surface area contributed by atoms with E-state index < -0.39 is 59.6 Å². The molecule has 4 aromatic rings. The van der Waals surface area contributed by atoms with Crippen LogP contribution >= 0.6 is 11.3 Å². The summed E-state index contributed by atoms with van der Waals surface area (Å²) in [7, 11) is 1.37. The van der Waals surface area contributed by atoms with E-state index in [0.29, 0.717) is 29.7 Å². The largest absolute Gasteiger partial charge is 0.586 e. The van der Waals surface area contributed by atoms with Gasteiger partial charge < -0.3 is 29.0 Å². The van der Waals surface area contributed by atoms with E-state index in [0.717, 1.165) is 34.1 Å². The average Bonchev–Trinajstić information content (AvgIpc) is 3.72. The third-order valence-corrected chi connectivity index (χ3v) is 11.1. The number of carbonyl (C=O) groups excluding carboxylic acids is 2. The van der Waals surface area contributed by atoms with E-state index in [2.05, 4.69) is 15.0 Å². The number of hydrogen-bond acceptors (Lipinski definition) is 10. The van der Waals surface area contributed by atoms with Gasteiger partial charge in [0.25, 0.3) is 11.8 Å². The lowest BCUT2D eigenvalue weighted by Crippen LogP contribution is -2.66. The van der Waals surface area contributed by atoms with Crippen molar-refractivity contribution in [3.63, 3.8) is 0 Å². The summed E-state index contributed by atoms with van der Waals surface area (Å²) in [5, 5.41) is 3.64. The minimum Gasteiger partial charge on any atom is -0.496 e. The summed E-state index contributed by atoms with van der Waals surface area (Å²) in [6.07, 6.45) is -9.67. The number of nitrogens with zero attached hydrogens (tertiary/aromatic N) is 2. The molecule has 17 heteroatoms. The number of anilines is 1. The van der Waals surface area contributed by atoms with Crippen LogP contribution in [0, 0.1) is 0 Å². The van der Waals surface area contributed by atoms with Crippen molar-refractivity contribution in [1.82, 2.24) is 10.3 Å². The van der Waals surface area contributed by atoms with Crippen molar-refractivity contribution in [2.75, 3.05) is 18.8 Å². The quantitative estimate of drug-likeness (QED) is 0.131. The van der Waals surface area contributed by atoms with Crippen LogP contribution in [0.25, 0.3) is 10.2 Å². The van der Waals surface area contributed by atoms with Gasteiger partial charge in [-0.15, -0.1) is 20.1 Å². The molecule has 3 aromatic carbocycles. The normalized spacial score (nSPS) is 25.5. The van der Waals surface area contributed by atoms with E-state index in [1.54, 1.807) is 12.1 Å². The van der Waals surface area contributed by atoms with Crippen molar-refractivity contribution < 1.29 is 60.1 Å². The Kier molecular flexibility index (Phi) is 8.74. The molecule has 0 spiro atoms. The Morgan fingerprint density at radius 3 is 2.38 bits per heavy atom. The first-order valence-corrected chi connectivity index (χ1v) is 17.7. The van der Waals surface area contributed by atoms with E-state index in [1.807, 2.05) is 30.3 Å². The Morgan fingerprint density at radius 1 is 1.00 bits per heavy atom. The van der Waals surface area contributed by atoms with Crippen molar-refractivity contribution in [1.29, 1.82) is 0 Å². The number of aromatic nitrogens is 1. The molecule has 9 rings (SSSR count). The molecule has 5 aliphatic rings.